The Balaban J connectivity index is 0. The number of benzene rings is 1. The quantitative estimate of drug-likeness (QED) is 0.522. The Morgan fingerprint density at radius 2 is 1.70 bits per heavy atom. The van der Waals surface area contributed by atoms with E-state index in [1.165, 1.54) is 18.4 Å². The molecular weight excluding hydrogens is 342 g/mol. The van der Waals surface area contributed by atoms with Crippen molar-refractivity contribution in [3.05, 3.63) is 35.9 Å². The first-order valence-corrected chi connectivity index (χ1v) is 9.96. The molecule has 1 aromatic rings. The summed E-state index contributed by atoms with van der Waals surface area (Å²) >= 11 is 0. The van der Waals surface area contributed by atoms with Crippen molar-refractivity contribution >= 4 is 12.4 Å². The Morgan fingerprint density at radius 1 is 1.15 bits per heavy atom. The van der Waals surface area contributed by atoms with E-state index in [4.69, 9.17) is 0 Å². The van der Waals surface area contributed by atoms with E-state index in [0.29, 0.717) is 13.0 Å². The zero-order valence-electron chi connectivity index (χ0n) is 17.9. The van der Waals surface area contributed by atoms with Crippen LogP contribution in [0.15, 0.2) is 30.3 Å². The smallest absolute Gasteiger partial charge is 0.325 e. The Kier molecular flexibility index (Phi) is 19.1. The van der Waals surface area contributed by atoms with Gasteiger partial charge in [0.05, 0.1) is 6.61 Å². The van der Waals surface area contributed by atoms with Crippen molar-refractivity contribution in [3.8, 4) is 0 Å². The third-order valence-electron chi connectivity index (χ3n) is 3.90. The number of rotatable bonds is 6. The lowest BCUT2D eigenvalue weighted by atomic mass is 9.82. The molecular formula is C21H39N3O3. The molecule has 1 amide bonds. The minimum absolute atomic E-state index is 0.0443. The van der Waals surface area contributed by atoms with Crippen LogP contribution in [-0.2, 0) is 19.9 Å². The van der Waals surface area contributed by atoms with Gasteiger partial charge in [-0.25, -0.2) is 0 Å². The van der Waals surface area contributed by atoms with Gasteiger partial charge in [-0.3, -0.25) is 9.59 Å². The molecule has 156 valence electrons. The van der Waals surface area contributed by atoms with E-state index in [2.05, 4.69) is 58.1 Å². The summed E-state index contributed by atoms with van der Waals surface area (Å²) in [6, 6.07) is 10.8. The van der Waals surface area contributed by atoms with Crippen LogP contribution in [0.25, 0.3) is 0 Å². The van der Waals surface area contributed by atoms with Crippen LogP contribution in [-0.4, -0.2) is 45.7 Å². The molecule has 1 saturated heterocycles. The number of carbonyl (C=O) groups is 2. The fraction of sp³-hybridized carbons (Fsp3) is 0.619. The molecule has 6 nitrogen and oxygen atoms in total. The van der Waals surface area contributed by atoms with Crippen LogP contribution in [0, 0.1) is 0 Å². The predicted octanol–water partition coefficient (Wildman–Crippen LogP) is 2.83. The van der Waals surface area contributed by atoms with E-state index in [-0.39, 0.29) is 12.1 Å². The number of hydrogen-bond donors (Lipinski definition) is 3. The maximum Gasteiger partial charge on any atom is 0.325 e. The van der Waals surface area contributed by atoms with Crippen molar-refractivity contribution < 1.29 is 14.3 Å². The molecule has 0 atom stereocenters. The Labute approximate surface area is 165 Å². The Bertz CT molecular complexity index is 461. The first kappa shape index (κ1) is 27.3. The summed E-state index contributed by atoms with van der Waals surface area (Å²) < 4.78 is 4.48. The maximum absolute atomic E-state index is 10.4. The third kappa shape index (κ3) is 11.4. The number of carbonyl (C=O) groups excluding carboxylic acids is 2. The van der Waals surface area contributed by atoms with Crippen LogP contribution in [0.5, 0.6) is 0 Å². The van der Waals surface area contributed by atoms with Gasteiger partial charge >= 0.3 is 5.97 Å². The van der Waals surface area contributed by atoms with Gasteiger partial charge in [0.15, 0.2) is 0 Å². The number of piperidine rings is 1. The molecule has 1 aliphatic heterocycles. The predicted molar refractivity (Wildman–Crippen MR) is 113 cm³/mol. The number of esters is 1. The largest absolute Gasteiger partial charge is 0.465 e. The Morgan fingerprint density at radius 3 is 2.15 bits per heavy atom. The second-order valence-corrected chi connectivity index (χ2v) is 5.25. The van der Waals surface area contributed by atoms with Gasteiger partial charge in [-0.05, 0) is 45.5 Å². The number of amides is 1. The van der Waals surface area contributed by atoms with Gasteiger partial charge in [0, 0.05) is 5.54 Å². The zero-order valence-corrected chi connectivity index (χ0v) is 17.9. The fourth-order valence-electron chi connectivity index (χ4n) is 2.63. The normalized spacial score (nSPS) is 13.9. The summed E-state index contributed by atoms with van der Waals surface area (Å²) in [6.07, 6.45) is 2.80. The van der Waals surface area contributed by atoms with Crippen LogP contribution >= 0.6 is 0 Å². The highest BCUT2D eigenvalue weighted by atomic mass is 16.5. The van der Waals surface area contributed by atoms with E-state index < -0.39 is 5.97 Å². The van der Waals surface area contributed by atoms with Gasteiger partial charge in [-0.15, -0.1) is 0 Å². The average Bonchev–Trinajstić information content (AvgIpc) is 2.77. The van der Waals surface area contributed by atoms with E-state index in [1.807, 2.05) is 27.7 Å². The summed E-state index contributed by atoms with van der Waals surface area (Å²) in [7, 11) is 2.07. The van der Waals surface area contributed by atoms with Gasteiger partial charge in [0.1, 0.15) is 6.54 Å². The molecule has 0 spiro atoms. The lowest BCUT2D eigenvalue weighted by molar-refractivity contribution is -0.142. The lowest BCUT2D eigenvalue weighted by Gasteiger charge is -2.38. The number of nitrogens with one attached hydrogen (secondary N) is 3. The van der Waals surface area contributed by atoms with Gasteiger partial charge in [0.25, 0.3) is 0 Å². The second-order valence-electron chi connectivity index (χ2n) is 5.25. The maximum atomic E-state index is 10.4. The van der Waals surface area contributed by atoms with E-state index in [1.54, 1.807) is 6.92 Å². The first-order valence-electron chi connectivity index (χ1n) is 9.96. The minimum Gasteiger partial charge on any atom is -0.465 e. The van der Waals surface area contributed by atoms with Crippen molar-refractivity contribution in [2.75, 3.05) is 33.3 Å². The van der Waals surface area contributed by atoms with E-state index >= 15 is 0 Å². The van der Waals surface area contributed by atoms with Crippen LogP contribution in [0.2, 0.25) is 0 Å². The molecule has 0 saturated carbocycles. The molecule has 27 heavy (non-hydrogen) atoms. The second kappa shape index (κ2) is 18.9. The molecule has 1 fully saturated rings. The monoisotopic (exact) mass is 381 g/mol. The lowest BCUT2D eigenvalue weighted by Crippen LogP contribution is -2.48. The molecule has 0 unspecified atom stereocenters. The summed E-state index contributed by atoms with van der Waals surface area (Å²) in [5.74, 6) is -0.412. The molecule has 3 N–H and O–H groups in total. The van der Waals surface area contributed by atoms with E-state index in [9.17, 15) is 9.59 Å². The summed E-state index contributed by atoms with van der Waals surface area (Å²) in [6.45, 7) is 12.2. The highest BCUT2D eigenvalue weighted by Gasteiger charge is 2.31. The summed E-state index contributed by atoms with van der Waals surface area (Å²) in [4.78, 5) is 20.0. The molecule has 1 heterocycles. The first-order chi connectivity index (χ1) is 13.2. The van der Waals surface area contributed by atoms with Crippen LogP contribution in [0.4, 0.5) is 0 Å². The van der Waals surface area contributed by atoms with Crippen molar-refractivity contribution in [1.82, 2.24) is 16.0 Å². The van der Waals surface area contributed by atoms with Crippen molar-refractivity contribution in [3.63, 3.8) is 0 Å². The standard InChI is InChI=1S/C12H18N2.C5H9NO3.2C2H6/c1-13-12(7-9-14-10-8-12)11-5-3-2-4-6-11;1-2-9-5(8)3-6-4-7;2*1-2/h2-6,13-14H,7-10H2,1H3;4H,2-3H2,1H3,(H,6,7);2*1-2H3. The topological polar surface area (TPSA) is 79.5 Å². The molecule has 1 aliphatic rings. The molecule has 2 rings (SSSR count). The summed E-state index contributed by atoms with van der Waals surface area (Å²) in [5.41, 5.74) is 1.62. The van der Waals surface area contributed by atoms with E-state index in [0.717, 1.165) is 13.1 Å². The van der Waals surface area contributed by atoms with Gasteiger partial charge in [-0.2, -0.15) is 0 Å². The summed E-state index contributed by atoms with van der Waals surface area (Å²) in [5, 5.41) is 9.08. The highest BCUT2D eigenvalue weighted by Crippen LogP contribution is 2.29. The molecule has 6 heteroatoms. The van der Waals surface area contributed by atoms with Crippen molar-refractivity contribution in [2.45, 2.75) is 53.0 Å². The van der Waals surface area contributed by atoms with Gasteiger partial charge in [0.2, 0.25) is 6.41 Å². The molecule has 1 aromatic carbocycles. The molecule has 0 radical (unpaired) electrons. The molecule has 0 aliphatic carbocycles. The van der Waals surface area contributed by atoms with Crippen molar-refractivity contribution in [1.29, 1.82) is 0 Å². The van der Waals surface area contributed by atoms with Gasteiger partial charge < -0.3 is 20.7 Å². The van der Waals surface area contributed by atoms with Crippen LogP contribution < -0.4 is 16.0 Å². The average molecular weight is 382 g/mol. The third-order valence-corrected chi connectivity index (χ3v) is 3.90. The highest BCUT2D eigenvalue weighted by molar-refractivity contribution is 5.73. The number of hydrogen-bond acceptors (Lipinski definition) is 5. The van der Waals surface area contributed by atoms with Crippen LogP contribution in [0.1, 0.15) is 53.0 Å². The zero-order chi connectivity index (χ0) is 21.0. The molecule has 0 bridgehead atoms. The SMILES string of the molecule is CC.CC.CCOC(=O)CNC=O.CNC1(c2ccccc2)CCNCC1. The minimum atomic E-state index is -0.412. The van der Waals surface area contributed by atoms with Crippen LogP contribution in [0.3, 0.4) is 0 Å². The van der Waals surface area contributed by atoms with Crippen molar-refractivity contribution in [2.24, 2.45) is 0 Å². The van der Waals surface area contributed by atoms with Gasteiger partial charge in [-0.1, -0.05) is 58.0 Å². The number of ether oxygens (including phenoxy) is 1. The fourth-order valence-corrected chi connectivity index (χ4v) is 2.63. The Hall–Kier alpha value is -1.92. The molecule has 0 aromatic heterocycles.